The third-order valence-electron chi connectivity index (χ3n) is 2.66. The number of benzene rings is 1. The summed E-state index contributed by atoms with van der Waals surface area (Å²) >= 11 is 3.32. The molecule has 104 valence electrons. The van der Waals surface area contributed by atoms with Crippen molar-refractivity contribution in [2.75, 3.05) is 0 Å². The van der Waals surface area contributed by atoms with E-state index in [0.717, 1.165) is 23.1 Å². The van der Waals surface area contributed by atoms with Gasteiger partial charge in [-0.3, -0.25) is 4.79 Å². The van der Waals surface area contributed by atoms with E-state index in [4.69, 9.17) is 4.42 Å². The lowest BCUT2D eigenvalue weighted by atomic mass is 10.2. The Kier molecular flexibility index (Phi) is 5.12. The van der Waals surface area contributed by atoms with E-state index >= 15 is 0 Å². The Morgan fingerprint density at radius 1 is 1.35 bits per heavy atom. The van der Waals surface area contributed by atoms with Crippen LogP contribution in [0, 0.1) is 0 Å². The summed E-state index contributed by atoms with van der Waals surface area (Å²) in [4.78, 5) is 11.9. The van der Waals surface area contributed by atoms with Crippen LogP contribution in [0.4, 0.5) is 0 Å². The molecule has 1 aromatic carbocycles. The molecule has 1 N–H and O–H groups in total. The lowest BCUT2D eigenvalue weighted by molar-refractivity contribution is 0.0954. The molecule has 20 heavy (non-hydrogen) atoms. The first-order valence-corrected chi connectivity index (χ1v) is 7.16. The van der Waals surface area contributed by atoms with E-state index in [-0.39, 0.29) is 5.91 Å². The number of carbonyl (C=O) groups is 1. The lowest BCUT2D eigenvalue weighted by Gasteiger charge is -2.01. The van der Waals surface area contributed by atoms with Crippen molar-refractivity contribution < 1.29 is 9.21 Å². The van der Waals surface area contributed by atoms with Crippen molar-refractivity contribution in [1.82, 2.24) is 5.43 Å². The number of hydrogen-bond donors (Lipinski definition) is 1. The Morgan fingerprint density at radius 3 is 2.90 bits per heavy atom. The van der Waals surface area contributed by atoms with Gasteiger partial charge in [-0.25, -0.2) is 5.43 Å². The summed E-state index contributed by atoms with van der Waals surface area (Å²) in [5, 5.41) is 3.89. The van der Waals surface area contributed by atoms with Gasteiger partial charge >= 0.3 is 0 Å². The summed E-state index contributed by atoms with van der Waals surface area (Å²) in [7, 11) is 0. The van der Waals surface area contributed by atoms with Crippen LogP contribution >= 0.6 is 15.9 Å². The van der Waals surface area contributed by atoms with Gasteiger partial charge in [0.05, 0.1) is 11.8 Å². The van der Waals surface area contributed by atoms with Crippen LogP contribution in [0.1, 0.15) is 35.2 Å². The third-order valence-corrected chi connectivity index (χ3v) is 3.35. The summed E-state index contributed by atoms with van der Waals surface area (Å²) < 4.78 is 6.26. The number of nitrogens with one attached hydrogen (secondary N) is 1. The minimum atomic E-state index is -0.269. The largest absolute Gasteiger partial charge is 0.460 e. The summed E-state index contributed by atoms with van der Waals surface area (Å²) in [6, 6.07) is 10.9. The van der Waals surface area contributed by atoms with Gasteiger partial charge in [0.1, 0.15) is 11.5 Å². The normalized spacial score (nSPS) is 10.9. The molecule has 0 radical (unpaired) electrons. The second-order valence-corrected chi connectivity index (χ2v) is 5.09. The van der Waals surface area contributed by atoms with Gasteiger partial charge in [-0.1, -0.05) is 19.1 Å². The molecule has 0 aliphatic heterocycles. The van der Waals surface area contributed by atoms with Crippen molar-refractivity contribution in [3.05, 3.63) is 58.0 Å². The third kappa shape index (κ3) is 3.81. The Bertz CT molecular complexity index is 620. The van der Waals surface area contributed by atoms with Crippen LogP contribution in [0.2, 0.25) is 0 Å². The number of nitrogens with zero attached hydrogens (tertiary/aromatic N) is 1. The predicted molar refractivity (Wildman–Crippen MR) is 81.9 cm³/mol. The SMILES string of the molecule is CCCc1ccc(/C=N\NC(=O)c2ccccc2Br)o1. The molecule has 0 saturated heterocycles. The zero-order valence-electron chi connectivity index (χ0n) is 11.1. The lowest BCUT2D eigenvalue weighted by Crippen LogP contribution is -2.17. The number of aryl methyl sites for hydroxylation is 1. The minimum absolute atomic E-state index is 0.269. The number of rotatable bonds is 5. The second-order valence-electron chi connectivity index (χ2n) is 4.23. The molecule has 0 unspecified atom stereocenters. The number of hydrazone groups is 1. The second kappa shape index (κ2) is 7.05. The highest BCUT2D eigenvalue weighted by atomic mass is 79.9. The van der Waals surface area contributed by atoms with Crippen LogP contribution in [0.15, 0.2) is 50.4 Å². The fraction of sp³-hybridized carbons (Fsp3) is 0.200. The fourth-order valence-corrected chi connectivity index (χ4v) is 2.17. The highest BCUT2D eigenvalue weighted by Gasteiger charge is 2.07. The molecule has 5 heteroatoms. The molecule has 1 heterocycles. The Balaban J connectivity index is 1.95. The zero-order valence-corrected chi connectivity index (χ0v) is 12.7. The van der Waals surface area contributed by atoms with Crippen LogP contribution < -0.4 is 5.43 Å². The summed E-state index contributed by atoms with van der Waals surface area (Å²) in [5.74, 6) is 1.28. The van der Waals surface area contributed by atoms with E-state index in [2.05, 4.69) is 33.4 Å². The molecule has 4 nitrogen and oxygen atoms in total. The smallest absolute Gasteiger partial charge is 0.272 e. The summed E-state index contributed by atoms with van der Waals surface area (Å²) in [5.41, 5.74) is 3.01. The Morgan fingerprint density at radius 2 is 2.15 bits per heavy atom. The molecule has 0 bridgehead atoms. The van der Waals surface area contributed by atoms with Crippen molar-refractivity contribution in [3.8, 4) is 0 Å². The Hall–Kier alpha value is -1.88. The first-order chi connectivity index (χ1) is 9.70. The number of amides is 1. The molecule has 2 aromatic rings. The average molecular weight is 335 g/mol. The number of halogens is 1. The summed E-state index contributed by atoms with van der Waals surface area (Å²) in [6.45, 7) is 2.09. The van der Waals surface area contributed by atoms with Gasteiger partial charge in [-0.15, -0.1) is 0 Å². The van der Waals surface area contributed by atoms with Gasteiger partial charge in [0.2, 0.25) is 0 Å². The van der Waals surface area contributed by atoms with Crippen LogP contribution in [0.3, 0.4) is 0 Å². The van der Waals surface area contributed by atoms with Gasteiger partial charge < -0.3 is 4.42 Å². The maximum atomic E-state index is 11.9. The molecular formula is C15H15BrN2O2. The average Bonchev–Trinajstić information content (AvgIpc) is 2.87. The molecule has 0 aliphatic rings. The van der Waals surface area contributed by atoms with E-state index in [1.165, 1.54) is 6.21 Å². The molecule has 1 aromatic heterocycles. The first kappa shape index (κ1) is 14.5. The van der Waals surface area contributed by atoms with Crippen molar-refractivity contribution in [1.29, 1.82) is 0 Å². The van der Waals surface area contributed by atoms with Crippen LogP contribution in [-0.4, -0.2) is 12.1 Å². The van der Waals surface area contributed by atoms with Gasteiger partial charge in [0.15, 0.2) is 0 Å². The molecule has 0 spiro atoms. The topological polar surface area (TPSA) is 54.6 Å². The fourth-order valence-electron chi connectivity index (χ4n) is 1.70. The van der Waals surface area contributed by atoms with Gasteiger partial charge in [0.25, 0.3) is 5.91 Å². The monoisotopic (exact) mass is 334 g/mol. The molecule has 1 amide bonds. The number of furan rings is 1. The van der Waals surface area contributed by atoms with E-state index in [0.29, 0.717) is 11.3 Å². The minimum Gasteiger partial charge on any atom is -0.460 e. The molecule has 0 fully saturated rings. The van der Waals surface area contributed by atoms with Crippen LogP contribution in [0.25, 0.3) is 0 Å². The Labute approximate surface area is 126 Å². The van der Waals surface area contributed by atoms with Gasteiger partial charge in [0, 0.05) is 10.9 Å². The first-order valence-electron chi connectivity index (χ1n) is 6.37. The highest BCUT2D eigenvalue weighted by molar-refractivity contribution is 9.10. The van der Waals surface area contributed by atoms with Crippen LogP contribution in [0.5, 0.6) is 0 Å². The maximum Gasteiger partial charge on any atom is 0.272 e. The molecular weight excluding hydrogens is 320 g/mol. The standard InChI is InChI=1S/C15H15BrN2O2/c1-2-5-11-8-9-12(20-11)10-17-18-15(19)13-6-3-4-7-14(13)16/h3-4,6-10H,2,5H2,1H3,(H,18,19)/b17-10-. The highest BCUT2D eigenvalue weighted by Crippen LogP contribution is 2.15. The molecule has 0 aliphatic carbocycles. The van der Waals surface area contributed by atoms with Gasteiger partial charge in [-0.05, 0) is 46.6 Å². The van der Waals surface area contributed by atoms with Crippen molar-refractivity contribution >= 4 is 28.1 Å². The molecule has 2 rings (SSSR count). The number of hydrogen-bond acceptors (Lipinski definition) is 3. The molecule has 0 saturated carbocycles. The van der Waals surface area contributed by atoms with Crippen molar-refractivity contribution in [2.45, 2.75) is 19.8 Å². The van der Waals surface area contributed by atoms with Crippen LogP contribution in [-0.2, 0) is 6.42 Å². The number of carbonyl (C=O) groups excluding carboxylic acids is 1. The van der Waals surface area contributed by atoms with E-state index in [1.807, 2.05) is 24.3 Å². The summed E-state index contributed by atoms with van der Waals surface area (Å²) in [6.07, 6.45) is 3.42. The van der Waals surface area contributed by atoms with Crippen molar-refractivity contribution in [3.63, 3.8) is 0 Å². The molecule has 0 atom stereocenters. The predicted octanol–water partition coefficient (Wildman–Crippen LogP) is 3.76. The zero-order chi connectivity index (χ0) is 14.4. The quantitative estimate of drug-likeness (QED) is 0.668. The van der Waals surface area contributed by atoms with E-state index in [1.54, 1.807) is 12.1 Å². The maximum absolute atomic E-state index is 11.9. The van der Waals surface area contributed by atoms with E-state index < -0.39 is 0 Å². The van der Waals surface area contributed by atoms with Crippen molar-refractivity contribution in [2.24, 2.45) is 5.10 Å². The van der Waals surface area contributed by atoms with E-state index in [9.17, 15) is 4.79 Å². The van der Waals surface area contributed by atoms with Gasteiger partial charge in [-0.2, -0.15) is 5.10 Å².